The largest absolute Gasteiger partial charge is 0.370 e. The van der Waals surface area contributed by atoms with Crippen LogP contribution in [0.2, 0.25) is 0 Å². The molecule has 2 heterocycles. The molecule has 2 unspecified atom stereocenters. The number of aromatic nitrogens is 2. The number of benzene rings is 1. The number of likely N-dealkylation sites (N-methyl/N-ethyl adjacent to an activating group) is 1. The van der Waals surface area contributed by atoms with Crippen LogP contribution in [0.3, 0.4) is 0 Å². The quantitative estimate of drug-likeness (QED) is 0.314. The van der Waals surface area contributed by atoms with Crippen molar-refractivity contribution in [2.75, 3.05) is 18.5 Å². The summed E-state index contributed by atoms with van der Waals surface area (Å²) < 4.78 is 1.71. The molecule has 0 fully saturated rings. The number of nitrogens with one attached hydrogen (secondary N) is 1. The fourth-order valence-corrected chi connectivity index (χ4v) is 4.83. The molecule has 2 aromatic rings. The van der Waals surface area contributed by atoms with E-state index in [0.717, 1.165) is 43.2 Å². The number of aliphatic hydroxyl groups is 1. The number of amides is 1. The SMILES string of the molecule is CN1c2ncn(C)c2C(=O)C=C(CCCCCCCCCCCNC(=O)C(N)Cc2ccccc2)C1O. The number of rotatable bonds is 15. The van der Waals surface area contributed by atoms with Gasteiger partial charge in [-0.1, -0.05) is 75.3 Å². The number of carbonyl (C=O) groups excluding carboxylic acids is 2. The molecular formula is C29H43N5O3. The van der Waals surface area contributed by atoms with Gasteiger partial charge in [-0.15, -0.1) is 0 Å². The molecule has 202 valence electrons. The molecule has 0 saturated carbocycles. The van der Waals surface area contributed by atoms with Gasteiger partial charge in [0.2, 0.25) is 11.7 Å². The van der Waals surface area contributed by atoms with Crippen LogP contribution in [-0.4, -0.2) is 52.2 Å². The van der Waals surface area contributed by atoms with E-state index in [2.05, 4.69) is 10.3 Å². The van der Waals surface area contributed by atoms with Crippen LogP contribution in [0.5, 0.6) is 0 Å². The van der Waals surface area contributed by atoms with Crippen molar-refractivity contribution in [2.45, 2.75) is 82.9 Å². The van der Waals surface area contributed by atoms with Gasteiger partial charge in [0.25, 0.3) is 0 Å². The first-order valence-electron chi connectivity index (χ1n) is 13.6. The Balaban J connectivity index is 1.19. The lowest BCUT2D eigenvalue weighted by Crippen LogP contribution is -2.42. The number of unbranched alkanes of at least 4 members (excludes halogenated alkanes) is 8. The number of nitrogens with zero attached hydrogens (tertiary/aromatic N) is 3. The van der Waals surface area contributed by atoms with Crippen molar-refractivity contribution < 1.29 is 14.7 Å². The third kappa shape index (κ3) is 8.54. The lowest BCUT2D eigenvalue weighted by molar-refractivity contribution is -0.122. The van der Waals surface area contributed by atoms with E-state index in [4.69, 9.17) is 5.73 Å². The Morgan fingerprint density at radius 1 is 1.03 bits per heavy atom. The van der Waals surface area contributed by atoms with E-state index < -0.39 is 12.3 Å². The molecular weight excluding hydrogens is 466 g/mol. The number of imidazole rings is 1. The maximum atomic E-state index is 12.6. The zero-order valence-corrected chi connectivity index (χ0v) is 22.4. The lowest BCUT2D eigenvalue weighted by atomic mass is 10.0. The van der Waals surface area contributed by atoms with E-state index in [0.29, 0.717) is 30.9 Å². The predicted octanol–water partition coefficient (Wildman–Crippen LogP) is 3.88. The summed E-state index contributed by atoms with van der Waals surface area (Å²) in [5, 5.41) is 13.7. The fourth-order valence-electron chi connectivity index (χ4n) is 4.83. The first-order valence-corrected chi connectivity index (χ1v) is 13.6. The van der Waals surface area contributed by atoms with E-state index in [-0.39, 0.29) is 11.7 Å². The Labute approximate surface area is 220 Å². The van der Waals surface area contributed by atoms with E-state index in [1.54, 1.807) is 36.0 Å². The van der Waals surface area contributed by atoms with Gasteiger partial charge >= 0.3 is 0 Å². The molecule has 1 aliphatic heterocycles. The Hall–Kier alpha value is -2.97. The van der Waals surface area contributed by atoms with Crippen LogP contribution in [0.15, 0.2) is 48.3 Å². The summed E-state index contributed by atoms with van der Waals surface area (Å²) in [5.74, 6) is 0.358. The molecule has 1 aromatic heterocycles. The van der Waals surface area contributed by atoms with Crippen molar-refractivity contribution in [3.05, 3.63) is 59.6 Å². The number of hydrogen-bond donors (Lipinski definition) is 3. The smallest absolute Gasteiger partial charge is 0.237 e. The Morgan fingerprint density at radius 3 is 2.32 bits per heavy atom. The number of ketones is 1. The van der Waals surface area contributed by atoms with E-state index in [9.17, 15) is 14.7 Å². The van der Waals surface area contributed by atoms with Gasteiger partial charge in [0.1, 0.15) is 5.69 Å². The Bertz CT molecular complexity index is 1030. The van der Waals surface area contributed by atoms with Gasteiger partial charge < -0.3 is 25.6 Å². The molecule has 0 radical (unpaired) electrons. The summed E-state index contributed by atoms with van der Waals surface area (Å²) in [6.45, 7) is 0.682. The van der Waals surface area contributed by atoms with Crippen molar-refractivity contribution >= 4 is 17.5 Å². The average molecular weight is 510 g/mol. The lowest BCUT2D eigenvalue weighted by Gasteiger charge is -2.24. The highest BCUT2D eigenvalue weighted by Gasteiger charge is 2.29. The minimum absolute atomic E-state index is 0.0757. The zero-order valence-electron chi connectivity index (χ0n) is 22.4. The number of carbonyl (C=O) groups is 2. The second-order valence-electron chi connectivity index (χ2n) is 10.1. The molecule has 4 N–H and O–H groups in total. The highest BCUT2D eigenvalue weighted by molar-refractivity contribution is 6.08. The Morgan fingerprint density at radius 2 is 1.65 bits per heavy atom. The summed E-state index contributed by atoms with van der Waals surface area (Å²) in [6.07, 6.45) is 13.7. The molecule has 3 rings (SSSR count). The molecule has 1 amide bonds. The number of hydrogen-bond acceptors (Lipinski definition) is 6. The van der Waals surface area contributed by atoms with Crippen molar-refractivity contribution in [3.63, 3.8) is 0 Å². The van der Waals surface area contributed by atoms with Gasteiger partial charge in [0, 0.05) is 20.6 Å². The number of aryl methyl sites for hydroxylation is 1. The van der Waals surface area contributed by atoms with Gasteiger partial charge in [-0.3, -0.25) is 9.59 Å². The standard InChI is InChI=1S/C29H43N5O3/c1-33-21-32-27-26(33)25(35)20-23(29(37)34(27)2)17-13-8-6-4-3-5-7-9-14-18-31-28(36)24(30)19-22-15-11-10-12-16-22/h10-12,15-16,20-21,24,29,37H,3-9,13-14,17-19,30H2,1-2H3,(H,31,36). The number of aliphatic hydroxyl groups excluding tert-OH is 1. The fraction of sp³-hybridized carbons (Fsp3) is 0.552. The van der Waals surface area contributed by atoms with Gasteiger partial charge in [0.05, 0.1) is 12.4 Å². The van der Waals surface area contributed by atoms with Gasteiger partial charge in [-0.25, -0.2) is 4.98 Å². The number of allylic oxidation sites excluding steroid dienone is 1. The molecule has 0 saturated heterocycles. The maximum absolute atomic E-state index is 12.6. The van der Waals surface area contributed by atoms with Crippen molar-refractivity contribution in [1.82, 2.24) is 14.9 Å². The number of anilines is 1. The summed E-state index contributed by atoms with van der Waals surface area (Å²) in [7, 11) is 3.57. The van der Waals surface area contributed by atoms with Crippen molar-refractivity contribution in [2.24, 2.45) is 12.8 Å². The van der Waals surface area contributed by atoms with Crippen LogP contribution in [0.1, 0.15) is 80.3 Å². The normalized spacial score (nSPS) is 16.2. The number of nitrogens with two attached hydrogens (primary N) is 1. The molecule has 8 heteroatoms. The molecule has 8 nitrogen and oxygen atoms in total. The van der Waals surface area contributed by atoms with Crippen LogP contribution in [0.4, 0.5) is 5.82 Å². The van der Waals surface area contributed by atoms with Crippen molar-refractivity contribution in [3.8, 4) is 0 Å². The highest BCUT2D eigenvalue weighted by Crippen LogP contribution is 2.28. The zero-order chi connectivity index (χ0) is 26.6. The second-order valence-corrected chi connectivity index (χ2v) is 10.1. The predicted molar refractivity (Wildman–Crippen MR) is 147 cm³/mol. The molecule has 0 aliphatic carbocycles. The third-order valence-corrected chi connectivity index (χ3v) is 7.08. The Kier molecular flexibility index (Phi) is 11.4. The van der Waals surface area contributed by atoms with Crippen LogP contribution < -0.4 is 16.0 Å². The van der Waals surface area contributed by atoms with E-state index in [1.807, 2.05) is 30.3 Å². The summed E-state index contributed by atoms with van der Waals surface area (Å²) in [5.41, 5.74) is 8.38. The van der Waals surface area contributed by atoms with Crippen LogP contribution >= 0.6 is 0 Å². The molecule has 0 spiro atoms. The first kappa shape index (κ1) is 28.6. The molecule has 0 bridgehead atoms. The van der Waals surface area contributed by atoms with Gasteiger partial charge in [-0.2, -0.15) is 0 Å². The van der Waals surface area contributed by atoms with Gasteiger partial charge in [-0.05, 0) is 42.9 Å². The highest BCUT2D eigenvalue weighted by atomic mass is 16.3. The van der Waals surface area contributed by atoms with Crippen molar-refractivity contribution in [1.29, 1.82) is 0 Å². The van der Waals surface area contributed by atoms with Gasteiger partial charge in [0.15, 0.2) is 12.0 Å². The summed E-state index contributed by atoms with van der Waals surface area (Å²) in [6, 6.07) is 9.36. The summed E-state index contributed by atoms with van der Waals surface area (Å²) in [4.78, 5) is 30.7. The second kappa shape index (κ2) is 14.7. The average Bonchev–Trinajstić information content (AvgIpc) is 3.25. The van der Waals surface area contributed by atoms with Crippen LogP contribution in [0.25, 0.3) is 0 Å². The molecule has 1 aliphatic rings. The third-order valence-electron chi connectivity index (χ3n) is 7.08. The minimum atomic E-state index is -0.815. The minimum Gasteiger partial charge on any atom is -0.370 e. The number of fused-ring (bicyclic) bond motifs is 1. The molecule has 37 heavy (non-hydrogen) atoms. The topological polar surface area (TPSA) is 113 Å². The molecule has 2 atom stereocenters. The van der Waals surface area contributed by atoms with E-state index in [1.165, 1.54) is 25.7 Å². The first-order chi connectivity index (χ1) is 17.9. The monoisotopic (exact) mass is 509 g/mol. The summed E-state index contributed by atoms with van der Waals surface area (Å²) >= 11 is 0. The molecule has 1 aromatic carbocycles. The maximum Gasteiger partial charge on any atom is 0.237 e. The van der Waals surface area contributed by atoms with Crippen LogP contribution in [-0.2, 0) is 18.3 Å². The van der Waals surface area contributed by atoms with Crippen LogP contribution in [0, 0.1) is 0 Å². The van der Waals surface area contributed by atoms with E-state index >= 15 is 0 Å².